The van der Waals surface area contributed by atoms with E-state index in [1.165, 1.54) is 5.56 Å². The number of benzene rings is 2. The summed E-state index contributed by atoms with van der Waals surface area (Å²) in [5.41, 5.74) is 7.38. The number of piperidine rings is 1. The topological polar surface area (TPSA) is 90.6 Å². The summed E-state index contributed by atoms with van der Waals surface area (Å²) in [6.07, 6.45) is 5.49. The minimum Gasteiger partial charge on any atom is -0.367 e. The van der Waals surface area contributed by atoms with Crippen LogP contribution < -0.4 is 5.32 Å². The van der Waals surface area contributed by atoms with Crippen LogP contribution in [0.1, 0.15) is 38.1 Å². The van der Waals surface area contributed by atoms with Gasteiger partial charge in [0.05, 0.1) is 16.7 Å². The molecule has 0 amide bonds. The number of anilines is 1. The molecule has 6 rings (SSSR count). The molecule has 0 spiro atoms. The summed E-state index contributed by atoms with van der Waals surface area (Å²) in [5.74, 6) is 0.917. The van der Waals surface area contributed by atoms with Gasteiger partial charge >= 0.3 is 0 Å². The molecule has 7 heteroatoms. The normalized spacial score (nSPS) is 13.7. The Labute approximate surface area is 235 Å². The van der Waals surface area contributed by atoms with E-state index in [1.807, 2.05) is 50.4 Å². The van der Waals surface area contributed by atoms with Gasteiger partial charge in [-0.2, -0.15) is 5.26 Å². The summed E-state index contributed by atoms with van der Waals surface area (Å²) in [4.78, 5) is 20.2. The van der Waals surface area contributed by atoms with Crippen LogP contribution in [-0.4, -0.2) is 44.0 Å². The van der Waals surface area contributed by atoms with Crippen LogP contribution >= 0.6 is 0 Å². The monoisotopic (exact) mass is 527 g/mol. The van der Waals surface area contributed by atoms with E-state index in [9.17, 15) is 0 Å². The van der Waals surface area contributed by atoms with Gasteiger partial charge in [0, 0.05) is 49.2 Å². The molecule has 3 aromatic heterocycles. The van der Waals surface area contributed by atoms with Crippen molar-refractivity contribution in [2.75, 3.05) is 18.4 Å². The number of hydrogen-bond acceptors (Lipinski definition) is 7. The maximum atomic E-state index is 9.02. The molecule has 0 bridgehead atoms. The van der Waals surface area contributed by atoms with Crippen molar-refractivity contribution in [3.05, 3.63) is 103 Å². The van der Waals surface area contributed by atoms with Gasteiger partial charge in [0.25, 0.3) is 0 Å². The number of likely N-dealkylation sites (tertiary alicyclic amines) is 1. The van der Waals surface area contributed by atoms with Crippen LogP contribution in [0.4, 0.5) is 5.82 Å². The second-order valence-electron chi connectivity index (χ2n) is 9.56. The van der Waals surface area contributed by atoms with Gasteiger partial charge < -0.3 is 5.32 Å². The van der Waals surface area contributed by atoms with E-state index < -0.39 is 0 Å². The second-order valence-corrected chi connectivity index (χ2v) is 9.56. The van der Waals surface area contributed by atoms with Crippen LogP contribution in [0.15, 0.2) is 91.3 Å². The number of nitrogens with one attached hydrogen (secondary N) is 1. The summed E-state index contributed by atoms with van der Waals surface area (Å²) in [6.45, 7) is 6.93. The van der Waals surface area contributed by atoms with E-state index in [0.29, 0.717) is 6.04 Å². The lowest BCUT2D eigenvalue weighted by atomic mass is 9.97. The lowest BCUT2D eigenvalue weighted by molar-refractivity contribution is 0.211. The third-order valence-corrected chi connectivity index (χ3v) is 7.00. The van der Waals surface area contributed by atoms with E-state index in [0.717, 1.165) is 71.7 Å². The van der Waals surface area contributed by atoms with Crippen molar-refractivity contribution in [1.29, 1.82) is 5.26 Å². The predicted octanol–water partition coefficient (Wildman–Crippen LogP) is 6.73. The van der Waals surface area contributed by atoms with E-state index in [4.69, 9.17) is 10.2 Å². The number of fused-ring (bicyclic) bond motifs is 1. The van der Waals surface area contributed by atoms with Crippen LogP contribution in [0.5, 0.6) is 0 Å². The minimum absolute atomic E-state index is 0.197. The fraction of sp³-hybridized carbons (Fsp3) is 0.242. The number of nitriles is 1. The zero-order valence-corrected chi connectivity index (χ0v) is 23.0. The van der Waals surface area contributed by atoms with Crippen LogP contribution in [0, 0.1) is 11.3 Å². The Hall–Kier alpha value is -4.67. The number of rotatable bonds is 6. The first-order chi connectivity index (χ1) is 19.7. The van der Waals surface area contributed by atoms with Crippen molar-refractivity contribution >= 4 is 16.9 Å². The minimum atomic E-state index is 0.197. The number of aromatic nitrogens is 4. The third-order valence-electron chi connectivity index (χ3n) is 7.00. The summed E-state index contributed by atoms with van der Waals surface area (Å²) in [6, 6.07) is 29.4. The molecule has 1 aliphatic heterocycles. The number of nitrogens with zero attached hydrogens (tertiary/aromatic N) is 6. The standard InChI is InChI=1S/C31H27N7.C2H6/c32-20-30-34-16-12-29(37-30)35-25-13-17-38(18-14-25)21-22-8-10-24(11-9-22)31-26(23-5-2-1-3-6-23)19-28-27(36-31)7-4-15-33-28;1-2/h1-12,15-16,19,25H,13-14,17-18,21H2,(H,34,35,37);1-2H3. The molecule has 0 atom stereocenters. The van der Waals surface area contributed by atoms with Crippen molar-refractivity contribution in [3.63, 3.8) is 0 Å². The number of pyridine rings is 2. The SMILES string of the molecule is CC.N#Cc1nccc(NC2CCN(Cc3ccc(-c4nc5cccnc5cc4-c4ccccc4)cc3)CC2)n1. The second kappa shape index (κ2) is 12.9. The van der Waals surface area contributed by atoms with Gasteiger partial charge in [-0.05, 0) is 48.2 Å². The van der Waals surface area contributed by atoms with Gasteiger partial charge in [-0.15, -0.1) is 0 Å². The van der Waals surface area contributed by atoms with E-state index in [1.54, 1.807) is 6.20 Å². The maximum absolute atomic E-state index is 9.02. The Kier molecular flexibility index (Phi) is 8.69. The molecule has 0 saturated carbocycles. The zero-order chi connectivity index (χ0) is 27.7. The third kappa shape index (κ3) is 6.31. The van der Waals surface area contributed by atoms with Crippen LogP contribution in [0.25, 0.3) is 33.4 Å². The Morgan fingerprint density at radius 3 is 2.35 bits per heavy atom. The first-order valence-electron chi connectivity index (χ1n) is 13.9. The van der Waals surface area contributed by atoms with Crippen molar-refractivity contribution in [3.8, 4) is 28.5 Å². The highest BCUT2D eigenvalue weighted by Crippen LogP contribution is 2.33. The highest BCUT2D eigenvalue weighted by molar-refractivity contribution is 5.89. The molecule has 1 N–H and O–H groups in total. The smallest absolute Gasteiger partial charge is 0.234 e. The Morgan fingerprint density at radius 2 is 1.60 bits per heavy atom. The highest BCUT2D eigenvalue weighted by Gasteiger charge is 2.20. The number of hydrogen-bond donors (Lipinski definition) is 1. The first kappa shape index (κ1) is 26.9. The van der Waals surface area contributed by atoms with Gasteiger partial charge in [-0.25, -0.2) is 15.0 Å². The average molecular weight is 528 g/mol. The van der Waals surface area contributed by atoms with Crippen molar-refractivity contribution in [1.82, 2.24) is 24.8 Å². The average Bonchev–Trinajstić information content (AvgIpc) is 3.03. The lowest BCUT2D eigenvalue weighted by Gasteiger charge is -2.32. The summed E-state index contributed by atoms with van der Waals surface area (Å²) in [5, 5.41) is 12.5. The summed E-state index contributed by atoms with van der Waals surface area (Å²) < 4.78 is 0. The van der Waals surface area contributed by atoms with Gasteiger partial charge in [0.1, 0.15) is 11.9 Å². The molecular formula is C33H33N7. The van der Waals surface area contributed by atoms with Crippen molar-refractivity contribution < 1.29 is 0 Å². The highest BCUT2D eigenvalue weighted by atomic mass is 15.1. The molecule has 1 saturated heterocycles. The maximum Gasteiger partial charge on any atom is 0.234 e. The van der Waals surface area contributed by atoms with E-state index in [2.05, 4.69) is 79.8 Å². The van der Waals surface area contributed by atoms with Gasteiger partial charge in [-0.1, -0.05) is 68.4 Å². The molecular weight excluding hydrogens is 494 g/mol. The van der Waals surface area contributed by atoms with Gasteiger partial charge in [0.15, 0.2) is 0 Å². The quantitative estimate of drug-likeness (QED) is 0.262. The lowest BCUT2D eigenvalue weighted by Crippen LogP contribution is -2.38. The molecule has 7 nitrogen and oxygen atoms in total. The van der Waals surface area contributed by atoms with Crippen LogP contribution in [-0.2, 0) is 6.54 Å². The first-order valence-corrected chi connectivity index (χ1v) is 13.9. The molecule has 4 heterocycles. The zero-order valence-electron chi connectivity index (χ0n) is 23.0. The van der Waals surface area contributed by atoms with Crippen LogP contribution in [0.2, 0.25) is 0 Å². The largest absolute Gasteiger partial charge is 0.367 e. The predicted molar refractivity (Wildman–Crippen MR) is 160 cm³/mol. The fourth-order valence-electron chi connectivity index (χ4n) is 5.02. The molecule has 0 aliphatic carbocycles. The molecule has 2 aromatic carbocycles. The Balaban J connectivity index is 0.00000158. The molecule has 1 aliphatic rings. The van der Waals surface area contributed by atoms with E-state index in [-0.39, 0.29) is 5.82 Å². The Morgan fingerprint density at radius 1 is 0.825 bits per heavy atom. The van der Waals surface area contributed by atoms with Crippen molar-refractivity contribution in [2.45, 2.75) is 39.3 Å². The molecule has 0 unspecified atom stereocenters. The van der Waals surface area contributed by atoms with Gasteiger partial charge in [0.2, 0.25) is 5.82 Å². The van der Waals surface area contributed by atoms with Crippen LogP contribution in [0.3, 0.4) is 0 Å². The molecule has 200 valence electrons. The van der Waals surface area contributed by atoms with Gasteiger partial charge in [-0.3, -0.25) is 9.88 Å². The molecule has 1 fully saturated rings. The Bertz CT molecular complexity index is 1590. The summed E-state index contributed by atoms with van der Waals surface area (Å²) >= 11 is 0. The summed E-state index contributed by atoms with van der Waals surface area (Å²) in [7, 11) is 0. The molecule has 5 aromatic rings. The molecule has 0 radical (unpaired) electrons. The van der Waals surface area contributed by atoms with E-state index >= 15 is 0 Å². The molecule has 40 heavy (non-hydrogen) atoms. The fourth-order valence-corrected chi connectivity index (χ4v) is 5.02. The van der Waals surface area contributed by atoms with Crippen molar-refractivity contribution in [2.24, 2.45) is 0 Å².